The Morgan fingerprint density at radius 1 is 0.245 bits per heavy atom. The van der Waals surface area contributed by atoms with Crippen LogP contribution in [-0.4, -0.2) is 44.2 Å². The number of benzene rings is 6. The second kappa shape index (κ2) is 36.8. The molecule has 0 fully saturated rings. The summed E-state index contributed by atoms with van der Waals surface area (Å²) in [5, 5.41) is 71.3. The summed E-state index contributed by atoms with van der Waals surface area (Å²) in [6.45, 7) is 14.2. The minimum atomic E-state index is -0.660. The van der Waals surface area contributed by atoms with Crippen LogP contribution in [0, 0.1) is 88.8 Å². The topological polar surface area (TPSA) is 253 Å². The Morgan fingerprint density at radius 2 is 0.496 bits per heavy atom. The van der Waals surface area contributed by atoms with Crippen LogP contribution in [0.1, 0.15) is 16.7 Å². The zero-order valence-electron chi connectivity index (χ0n) is 72.1. The van der Waals surface area contributed by atoms with E-state index in [1.165, 1.54) is 198 Å². The predicted octanol–water partition coefficient (Wildman–Crippen LogP) is 25.6. The van der Waals surface area contributed by atoms with Crippen molar-refractivity contribution in [1.29, 1.82) is 21.0 Å². The van der Waals surface area contributed by atoms with Crippen LogP contribution in [0.25, 0.3) is 59.4 Å². The Balaban J connectivity index is 0.000000113. The highest BCUT2D eigenvalue weighted by molar-refractivity contribution is 5.99. The molecule has 0 amide bonds. The molecule has 18 aliphatic heterocycles. The number of hydrogen-bond acceptors (Lipinski definition) is 16. The van der Waals surface area contributed by atoms with Crippen LogP contribution in [-0.2, 0) is 0 Å². The van der Waals surface area contributed by atoms with Crippen molar-refractivity contribution in [2.45, 2.75) is 0 Å². The van der Waals surface area contributed by atoms with Crippen LogP contribution in [0.5, 0.6) is 0 Å². The molecule has 27 heteroatoms. The maximum absolute atomic E-state index is 13.5. The lowest BCUT2D eigenvalue weighted by molar-refractivity contribution is -0.421. The molecule has 18 heterocycles. The molecule has 0 unspecified atom stereocenters. The molecule has 139 heavy (non-hydrogen) atoms. The lowest BCUT2D eigenvalue weighted by atomic mass is 9.87. The van der Waals surface area contributed by atoms with E-state index in [1.807, 2.05) is 21.9 Å². The molecule has 21 nitrogen and oxygen atoms in total. The molecule has 0 saturated carbocycles. The second-order valence-corrected chi connectivity index (χ2v) is 32.3. The molecule has 6 aromatic rings. The Hall–Kier alpha value is -20.3. The van der Waals surface area contributed by atoms with Gasteiger partial charge in [0.15, 0.2) is 11.4 Å². The molecule has 0 spiro atoms. The van der Waals surface area contributed by atoms with Gasteiger partial charge in [0.05, 0.1) is 131 Å². The zero-order chi connectivity index (χ0) is 96.6. The summed E-state index contributed by atoms with van der Waals surface area (Å²) in [7, 11) is 0. The number of hydrogen-bond donors (Lipinski definition) is 0. The summed E-state index contributed by atoms with van der Waals surface area (Å²) in [6.07, 6.45) is 56.5. The summed E-state index contributed by atoms with van der Waals surface area (Å²) in [6, 6.07) is 62.5. The fourth-order valence-electron chi connectivity index (χ4n) is 17.6. The third kappa shape index (κ3) is 17.9. The quantitative estimate of drug-likeness (QED) is 0.0594. The lowest BCUT2D eigenvalue weighted by Gasteiger charge is -2.37. The van der Waals surface area contributed by atoms with Crippen molar-refractivity contribution in [3.05, 3.63) is 629 Å². The highest BCUT2D eigenvalue weighted by Crippen LogP contribution is 2.48. The first-order chi connectivity index (χ1) is 67.4. The average Bonchev–Trinajstić information content (AvgIpc) is 0.734. The first-order valence-corrected chi connectivity index (χ1v) is 42.5. The minimum absolute atomic E-state index is 0.211. The van der Waals surface area contributed by atoms with Crippen molar-refractivity contribution < 1.29 is 41.1 Å². The van der Waals surface area contributed by atoms with Gasteiger partial charge in [-0.05, 0) is 261 Å². The van der Waals surface area contributed by atoms with Gasteiger partial charge >= 0.3 is 0 Å². The monoisotopic (exact) mass is 1830 g/mol. The van der Waals surface area contributed by atoms with Crippen molar-refractivity contribution in [1.82, 2.24) is 29.4 Å². The number of fused-ring (bicyclic) bond motifs is 1. The molecular formula is C112H61F6N15O6. The van der Waals surface area contributed by atoms with Gasteiger partial charge in [0, 0.05) is 82.0 Å². The third-order valence-electron chi connectivity index (χ3n) is 23.4. The largest absolute Gasteiger partial charge is 0.313 e. The van der Waals surface area contributed by atoms with Crippen molar-refractivity contribution in [3.63, 3.8) is 0 Å². The van der Waals surface area contributed by atoms with Gasteiger partial charge in [-0.2, -0.15) is 21.0 Å². The number of rotatable bonds is 8. The molecule has 0 radical (unpaired) electrons. The van der Waals surface area contributed by atoms with E-state index in [1.54, 1.807) is 82.7 Å². The summed E-state index contributed by atoms with van der Waals surface area (Å²) in [4.78, 5) is 48.6. The van der Waals surface area contributed by atoms with E-state index < -0.39 is 43.9 Å². The summed E-state index contributed by atoms with van der Waals surface area (Å²) >= 11 is 0. The molecule has 662 valence electrons. The maximum Gasteiger partial charge on any atom is 0.273 e. The molecule has 18 aliphatic rings. The number of nitro groups is 3. The number of nitrogens with zero attached hydrogens (tertiary/aromatic N) is 15. The van der Waals surface area contributed by atoms with Gasteiger partial charge in [0.2, 0.25) is 0 Å². The van der Waals surface area contributed by atoms with Crippen molar-refractivity contribution in [2.75, 3.05) is 0 Å². The second-order valence-electron chi connectivity index (χ2n) is 32.3. The molecule has 0 aliphatic carbocycles. The average molecular weight is 1830 g/mol. The molecule has 0 bridgehead atoms. The third-order valence-corrected chi connectivity index (χ3v) is 23.4. The molecule has 0 N–H and O–H groups in total. The summed E-state index contributed by atoms with van der Waals surface area (Å²) in [5.74, 6) is -2.83. The van der Waals surface area contributed by atoms with Crippen LogP contribution in [0.3, 0.4) is 0 Å². The molecule has 0 saturated heterocycles. The van der Waals surface area contributed by atoms with Gasteiger partial charge in [0.25, 0.3) is 17.1 Å². The Labute approximate surface area is 789 Å². The number of nitriles is 4. The van der Waals surface area contributed by atoms with Gasteiger partial charge in [-0.3, -0.25) is 30.3 Å². The van der Waals surface area contributed by atoms with Gasteiger partial charge in [-0.15, -0.1) is 0 Å². The Morgan fingerprint density at radius 3 is 0.842 bits per heavy atom. The standard InChI is InChI=1S/C46H31N.C15H6N4.C14H6FN3.C13H6F2N2.C12H6F3N.C12H6N4O6/c1-3-12-32(13-4-1)35-18-9-20-37(24-35)39-26-42-27-40(38-21-10-19-36(25-38)33-14-5-2-6-15-33)29-44-31-41(30-43(28-39)47(42)44)46-23-11-17-34-16-7-8-22-45(34)46;1-18-12-6-14-4-10(8-16)2-13-3-11(9-17)5-15(7-12)19(13)14;1-17-11-6-13-3-9(8-16)2-12-4-10(15)5-14(7-11)18(12)13;14-9-3-11-1-8(7-16)2-12-4-10(15)6-13(5-9)17(11)12;13-7-1-10-3-8(14)4-12-6-9(15)5-11(2-7)16(10)12;17-14(18)10-1-7-2-11(15(19)20)5-9-6-12(16(21)22)4-8(3-10)13(7)9/h1-31H;2-7H;2-7H;1-6H;1-6H;1-6H. The fourth-order valence-corrected chi connectivity index (χ4v) is 17.6. The van der Waals surface area contributed by atoms with Gasteiger partial charge in [-0.1, -0.05) is 140 Å². The van der Waals surface area contributed by atoms with Crippen molar-refractivity contribution in [3.8, 4) is 46.5 Å². The van der Waals surface area contributed by atoms with E-state index in [9.17, 15) is 56.7 Å². The lowest BCUT2D eigenvalue weighted by Crippen LogP contribution is -2.29. The highest BCUT2D eigenvalue weighted by atomic mass is 19.1. The van der Waals surface area contributed by atoms with Crippen LogP contribution in [0.2, 0.25) is 0 Å². The predicted molar refractivity (Wildman–Crippen MR) is 513 cm³/mol. The SMILES string of the molecule is C1=C(c2cccc(-c3ccccc3)c2)C=C2C=C(c3cccc4ccccc34)C=C3C=C(c4cccc(-c5ccccc5)c4)C=C1N23.FC1=CC2=CC(F)=CC3=CC(F)=CC(=C1)N23.N#CC1=CC2=CC(F)=CC3=CC(F)=CC(=C1)N32.O=[N+]([O-])C1=CC2=CC([N+](=O)[O-])=CC3=CC([N+](=O)[O-])=CC(=C1)N23.[C-]#[N+]C1=CC2=CC(C#N)=CC3=CC(C#N)=CC(=C1)N32.[C-]#[N+]C1=CC2=CC(F)=CC3=CC(C#N)=CC(=C1)N23. The maximum atomic E-state index is 13.5. The first-order valence-electron chi connectivity index (χ1n) is 42.5. The van der Waals surface area contributed by atoms with Gasteiger partial charge in [-0.25, -0.2) is 36.0 Å². The van der Waals surface area contributed by atoms with Crippen LogP contribution in [0.15, 0.2) is 559 Å². The van der Waals surface area contributed by atoms with E-state index in [2.05, 4.69) is 215 Å². The number of halogens is 6. The van der Waals surface area contributed by atoms with E-state index in [-0.39, 0.29) is 40.0 Å². The van der Waals surface area contributed by atoms with E-state index >= 15 is 0 Å². The van der Waals surface area contributed by atoms with Crippen LogP contribution in [0.4, 0.5) is 26.3 Å². The highest BCUT2D eigenvalue weighted by Gasteiger charge is 2.38. The summed E-state index contributed by atoms with van der Waals surface area (Å²) in [5.41, 5.74) is 25.0. The van der Waals surface area contributed by atoms with E-state index in [4.69, 9.17) is 34.2 Å². The summed E-state index contributed by atoms with van der Waals surface area (Å²) < 4.78 is 79.8. The minimum Gasteiger partial charge on any atom is -0.313 e. The van der Waals surface area contributed by atoms with E-state index in [0.717, 1.165) is 17.1 Å². The van der Waals surface area contributed by atoms with Crippen molar-refractivity contribution >= 4 is 27.5 Å². The van der Waals surface area contributed by atoms with E-state index in [0.29, 0.717) is 85.0 Å². The zero-order valence-corrected chi connectivity index (χ0v) is 72.1. The fraction of sp³-hybridized carbons (Fsp3) is 0. The van der Waals surface area contributed by atoms with Gasteiger partial charge < -0.3 is 29.4 Å². The molecule has 24 rings (SSSR count). The molecule has 6 aromatic carbocycles. The van der Waals surface area contributed by atoms with Crippen LogP contribution < -0.4 is 0 Å². The number of allylic oxidation sites excluding steroid dienone is 49. The smallest absolute Gasteiger partial charge is 0.273 e. The van der Waals surface area contributed by atoms with Crippen LogP contribution >= 0.6 is 0 Å². The molecule has 0 aromatic heterocycles. The normalized spacial score (nSPS) is 18.4. The molecular weight excluding hydrogens is 1770 g/mol. The first kappa shape index (κ1) is 88.0. The Kier molecular flexibility index (Phi) is 23.3. The van der Waals surface area contributed by atoms with Crippen molar-refractivity contribution in [2.24, 2.45) is 0 Å². The molecule has 0 atom stereocenters. The Bertz CT molecular complexity index is 7870. The van der Waals surface area contributed by atoms with Gasteiger partial charge in [0.1, 0.15) is 35.0 Å².